The average Bonchev–Trinajstić information content (AvgIpc) is 2.43. The zero-order valence-electron chi connectivity index (χ0n) is 11.0. The first-order valence-corrected chi connectivity index (χ1v) is 6.78. The van der Waals surface area contributed by atoms with Crippen LogP contribution in [0.2, 0.25) is 0 Å². The monoisotopic (exact) mass is 351 g/mol. The van der Waals surface area contributed by atoms with E-state index in [2.05, 4.69) is 21.2 Å². The first kappa shape index (κ1) is 15.2. The molecule has 108 valence electrons. The second-order valence-corrected chi connectivity index (χ2v) is 5.24. The zero-order chi connectivity index (χ0) is 15.6. The van der Waals surface area contributed by atoms with Crippen LogP contribution in [0.4, 0.5) is 10.1 Å². The minimum absolute atomic E-state index is 0.0116. The summed E-state index contributed by atoms with van der Waals surface area (Å²) >= 11 is 3.11. The Morgan fingerprint density at radius 3 is 2.57 bits per heavy atom. The van der Waals surface area contributed by atoms with Gasteiger partial charge < -0.3 is 10.4 Å². The molecule has 0 spiro atoms. The van der Waals surface area contributed by atoms with Crippen LogP contribution in [-0.4, -0.2) is 17.0 Å². The Morgan fingerprint density at radius 2 is 1.90 bits per heavy atom. The number of nitrogens with one attached hydrogen (secondary N) is 1. The fourth-order valence-electron chi connectivity index (χ4n) is 1.79. The molecule has 0 aromatic heterocycles. The third-order valence-electron chi connectivity index (χ3n) is 2.89. The predicted octanol–water partition coefficient (Wildman–Crippen LogP) is 3.85. The van der Waals surface area contributed by atoms with Crippen LogP contribution >= 0.6 is 15.9 Å². The van der Waals surface area contributed by atoms with Gasteiger partial charge in [0.05, 0.1) is 11.1 Å². The summed E-state index contributed by atoms with van der Waals surface area (Å²) in [7, 11) is 0. The Hall–Kier alpha value is -2.21. The predicted molar refractivity (Wildman–Crippen MR) is 80.2 cm³/mol. The molecule has 0 aliphatic carbocycles. The quantitative estimate of drug-likeness (QED) is 0.882. The molecule has 1 amide bonds. The van der Waals surface area contributed by atoms with E-state index in [0.29, 0.717) is 10.0 Å². The average molecular weight is 352 g/mol. The van der Waals surface area contributed by atoms with Crippen molar-refractivity contribution >= 4 is 33.5 Å². The van der Waals surface area contributed by atoms with Crippen LogP contribution in [0.25, 0.3) is 0 Å². The number of benzene rings is 2. The van der Waals surface area contributed by atoms with Gasteiger partial charge in [-0.15, -0.1) is 0 Å². The van der Waals surface area contributed by atoms with E-state index in [1.807, 2.05) is 0 Å². The summed E-state index contributed by atoms with van der Waals surface area (Å²) in [5.74, 6) is -2.35. The molecule has 6 heteroatoms. The molecule has 2 aromatic carbocycles. The van der Waals surface area contributed by atoms with Gasteiger partial charge in [0.25, 0.3) is 5.91 Å². The maximum Gasteiger partial charge on any atom is 0.336 e. The third kappa shape index (κ3) is 3.28. The second kappa shape index (κ2) is 6.05. The van der Waals surface area contributed by atoms with Gasteiger partial charge in [-0.2, -0.15) is 0 Å². The van der Waals surface area contributed by atoms with E-state index in [4.69, 9.17) is 5.11 Å². The maximum absolute atomic E-state index is 13.9. The van der Waals surface area contributed by atoms with Crippen LogP contribution in [0.15, 0.2) is 40.9 Å². The Bertz CT molecular complexity index is 731. The van der Waals surface area contributed by atoms with Crippen molar-refractivity contribution in [2.24, 2.45) is 0 Å². The molecule has 0 radical (unpaired) electrons. The number of carboxylic acid groups (broad SMARTS) is 1. The van der Waals surface area contributed by atoms with Crippen LogP contribution in [-0.2, 0) is 0 Å². The largest absolute Gasteiger partial charge is 0.478 e. The number of amides is 1. The third-order valence-corrected chi connectivity index (χ3v) is 3.58. The molecular formula is C15H11BrFNO3. The van der Waals surface area contributed by atoms with E-state index < -0.39 is 17.7 Å². The highest BCUT2D eigenvalue weighted by Crippen LogP contribution is 2.22. The molecule has 0 aliphatic heterocycles. The summed E-state index contributed by atoms with van der Waals surface area (Å²) in [5, 5.41) is 11.5. The molecule has 4 nitrogen and oxygen atoms in total. The summed E-state index contributed by atoms with van der Waals surface area (Å²) in [5.41, 5.74) is 0.568. The number of aryl methyl sites for hydroxylation is 1. The van der Waals surface area contributed by atoms with Gasteiger partial charge in [0.1, 0.15) is 5.82 Å². The number of rotatable bonds is 3. The highest BCUT2D eigenvalue weighted by atomic mass is 79.9. The summed E-state index contributed by atoms with van der Waals surface area (Å²) in [6.07, 6.45) is 0. The van der Waals surface area contributed by atoms with Crippen molar-refractivity contribution in [2.45, 2.75) is 6.92 Å². The number of carbonyl (C=O) groups excluding carboxylic acids is 1. The molecule has 2 N–H and O–H groups in total. The van der Waals surface area contributed by atoms with Crippen LogP contribution in [0.1, 0.15) is 26.3 Å². The molecular weight excluding hydrogens is 341 g/mol. The number of carboxylic acids is 1. The number of hydrogen-bond donors (Lipinski definition) is 2. The molecule has 2 aromatic rings. The molecule has 0 fully saturated rings. The van der Waals surface area contributed by atoms with Gasteiger partial charge in [0.15, 0.2) is 0 Å². The van der Waals surface area contributed by atoms with Crippen molar-refractivity contribution in [1.29, 1.82) is 0 Å². The van der Waals surface area contributed by atoms with E-state index in [9.17, 15) is 14.0 Å². The molecule has 0 aliphatic rings. The number of carbonyl (C=O) groups is 2. The summed E-state index contributed by atoms with van der Waals surface area (Å²) < 4.78 is 14.3. The van der Waals surface area contributed by atoms with Crippen molar-refractivity contribution in [2.75, 3.05) is 5.32 Å². The Morgan fingerprint density at radius 1 is 1.19 bits per heavy atom. The normalized spacial score (nSPS) is 10.2. The first-order chi connectivity index (χ1) is 9.90. The second-order valence-electron chi connectivity index (χ2n) is 4.39. The number of aromatic carboxylic acids is 1. The molecule has 0 heterocycles. The van der Waals surface area contributed by atoms with Crippen LogP contribution < -0.4 is 5.32 Å². The van der Waals surface area contributed by atoms with Gasteiger partial charge >= 0.3 is 5.97 Å². The van der Waals surface area contributed by atoms with E-state index in [-0.39, 0.29) is 16.8 Å². The lowest BCUT2D eigenvalue weighted by molar-refractivity contribution is 0.0695. The molecule has 0 saturated heterocycles. The van der Waals surface area contributed by atoms with Gasteiger partial charge in [0.2, 0.25) is 0 Å². The fourth-order valence-corrected chi connectivity index (χ4v) is 2.20. The molecule has 0 bridgehead atoms. The van der Waals surface area contributed by atoms with E-state index in [1.165, 1.54) is 24.3 Å². The van der Waals surface area contributed by atoms with Gasteiger partial charge in [-0.3, -0.25) is 4.79 Å². The van der Waals surface area contributed by atoms with E-state index in [1.54, 1.807) is 19.1 Å². The molecule has 0 saturated carbocycles. The van der Waals surface area contributed by atoms with Crippen molar-refractivity contribution in [1.82, 2.24) is 0 Å². The van der Waals surface area contributed by atoms with Gasteiger partial charge in [-0.05, 0) is 52.7 Å². The van der Waals surface area contributed by atoms with Crippen LogP contribution in [0, 0.1) is 12.7 Å². The highest BCUT2D eigenvalue weighted by molar-refractivity contribution is 9.10. The summed E-state index contributed by atoms with van der Waals surface area (Å²) in [6, 6.07) is 8.85. The number of hydrogen-bond acceptors (Lipinski definition) is 2. The van der Waals surface area contributed by atoms with Gasteiger partial charge in [0, 0.05) is 10.2 Å². The van der Waals surface area contributed by atoms with Gasteiger partial charge in [-0.1, -0.05) is 12.1 Å². The fraction of sp³-hybridized carbons (Fsp3) is 0.0667. The van der Waals surface area contributed by atoms with Crippen molar-refractivity contribution in [3.63, 3.8) is 0 Å². The van der Waals surface area contributed by atoms with E-state index in [0.717, 1.165) is 0 Å². The van der Waals surface area contributed by atoms with Gasteiger partial charge in [-0.25, -0.2) is 9.18 Å². The van der Waals surface area contributed by atoms with Crippen molar-refractivity contribution < 1.29 is 19.1 Å². The smallest absolute Gasteiger partial charge is 0.336 e. The minimum atomic E-state index is -1.13. The van der Waals surface area contributed by atoms with Crippen molar-refractivity contribution in [3.8, 4) is 0 Å². The lowest BCUT2D eigenvalue weighted by Crippen LogP contribution is -2.14. The molecule has 2 rings (SSSR count). The summed E-state index contributed by atoms with van der Waals surface area (Å²) in [6.45, 7) is 1.56. The standard InChI is InChI=1S/C15H11BrFNO3/c1-8-3-2-4-10(13(8)17)14(19)18-9-5-6-12(16)11(7-9)15(20)21/h2-7H,1H3,(H,18,19)(H,20,21). The topological polar surface area (TPSA) is 66.4 Å². The Balaban J connectivity index is 2.30. The lowest BCUT2D eigenvalue weighted by atomic mass is 10.1. The van der Waals surface area contributed by atoms with Crippen molar-refractivity contribution in [3.05, 3.63) is 63.4 Å². The van der Waals surface area contributed by atoms with Crippen LogP contribution in [0.5, 0.6) is 0 Å². The lowest BCUT2D eigenvalue weighted by Gasteiger charge is -2.09. The summed E-state index contributed by atoms with van der Waals surface area (Å²) in [4.78, 5) is 23.1. The Labute approximate surface area is 128 Å². The molecule has 21 heavy (non-hydrogen) atoms. The first-order valence-electron chi connectivity index (χ1n) is 5.99. The minimum Gasteiger partial charge on any atom is -0.478 e. The number of anilines is 1. The zero-order valence-corrected chi connectivity index (χ0v) is 12.6. The molecule has 0 atom stereocenters. The SMILES string of the molecule is Cc1cccc(C(=O)Nc2ccc(Br)c(C(=O)O)c2)c1F. The van der Waals surface area contributed by atoms with E-state index >= 15 is 0 Å². The Kier molecular flexibility index (Phi) is 4.37. The molecule has 0 unspecified atom stereocenters. The maximum atomic E-state index is 13.9. The highest BCUT2D eigenvalue weighted by Gasteiger charge is 2.15. The number of halogens is 2. The van der Waals surface area contributed by atoms with Crippen LogP contribution in [0.3, 0.4) is 0 Å².